The highest BCUT2D eigenvalue weighted by molar-refractivity contribution is 7.91. The molecule has 0 aliphatic heterocycles. The van der Waals surface area contributed by atoms with Crippen molar-refractivity contribution in [2.45, 2.75) is 37.5 Å². The molecule has 1 heterocycles. The fourth-order valence-electron chi connectivity index (χ4n) is 3.50. The fraction of sp³-hybridized carbons (Fsp3) is 0.286. The van der Waals surface area contributed by atoms with Crippen LogP contribution in [0.3, 0.4) is 0 Å². The predicted octanol–water partition coefficient (Wildman–Crippen LogP) is 3.66. The van der Waals surface area contributed by atoms with E-state index >= 15 is 0 Å². The van der Waals surface area contributed by atoms with Crippen LogP contribution in [0, 0.1) is 0 Å². The minimum atomic E-state index is -3.54. The summed E-state index contributed by atoms with van der Waals surface area (Å²) in [4.78, 5) is 12.6. The van der Waals surface area contributed by atoms with Crippen molar-refractivity contribution in [3.8, 4) is 11.5 Å². The average molecular weight is 411 g/mol. The molecule has 8 heteroatoms. The number of carbonyl (C=O) groups is 1. The van der Waals surface area contributed by atoms with E-state index in [0.29, 0.717) is 5.89 Å². The van der Waals surface area contributed by atoms with Gasteiger partial charge in [0.15, 0.2) is 9.84 Å². The topological polar surface area (TPSA) is 102 Å². The van der Waals surface area contributed by atoms with E-state index in [9.17, 15) is 13.2 Å². The van der Waals surface area contributed by atoms with Crippen LogP contribution < -0.4 is 5.32 Å². The normalized spacial score (nSPS) is 13.7. The van der Waals surface area contributed by atoms with Gasteiger partial charge >= 0.3 is 6.01 Å². The Bertz CT molecular complexity index is 1170. The number of aromatic nitrogens is 2. The maximum atomic E-state index is 12.6. The third kappa shape index (κ3) is 3.93. The number of sulfone groups is 1. The summed E-state index contributed by atoms with van der Waals surface area (Å²) >= 11 is 0. The second kappa shape index (κ2) is 7.79. The smallest absolute Gasteiger partial charge is 0.322 e. The molecule has 0 fully saturated rings. The Balaban J connectivity index is 1.57. The lowest BCUT2D eigenvalue weighted by Crippen LogP contribution is -2.17. The monoisotopic (exact) mass is 411 g/mol. The SMILES string of the molecule is CCS(=O)(=O)c1ccccc1C(=O)Nc1nnc(-c2ccc3c(c2)CCCC3)o1. The molecule has 4 rings (SSSR count). The van der Waals surface area contributed by atoms with Crippen molar-refractivity contribution < 1.29 is 17.6 Å². The first-order valence-corrected chi connectivity index (χ1v) is 11.2. The van der Waals surface area contributed by atoms with Crippen LogP contribution in [0.4, 0.5) is 6.01 Å². The number of rotatable bonds is 5. The van der Waals surface area contributed by atoms with Crippen LogP contribution in [0.2, 0.25) is 0 Å². The van der Waals surface area contributed by atoms with Gasteiger partial charge in [-0.15, -0.1) is 5.10 Å². The Morgan fingerprint density at radius 3 is 2.62 bits per heavy atom. The Hall–Kier alpha value is -3.00. The van der Waals surface area contributed by atoms with Crippen molar-refractivity contribution in [1.82, 2.24) is 10.2 Å². The third-order valence-corrected chi connectivity index (χ3v) is 6.87. The van der Waals surface area contributed by atoms with Crippen LogP contribution in [0.5, 0.6) is 0 Å². The minimum Gasteiger partial charge on any atom is -0.403 e. The molecule has 0 bridgehead atoms. The number of benzene rings is 2. The van der Waals surface area contributed by atoms with Gasteiger partial charge in [-0.3, -0.25) is 10.1 Å². The summed E-state index contributed by atoms with van der Waals surface area (Å²) in [5.74, 6) is -0.401. The predicted molar refractivity (Wildman–Crippen MR) is 108 cm³/mol. The molecule has 0 radical (unpaired) electrons. The van der Waals surface area contributed by atoms with Crippen molar-refractivity contribution in [2.75, 3.05) is 11.1 Å². The number of aryl methyl sites for hydroxylation is 2. The maximum absolute atomic E-state index is 12.6. The van der Waals surface area contributed by atoms with Crippen molar-refractivity contribution in [2.24, 2.45) is 0 Å². The first kappa shape index (κ1) is 19.3. The molecule has 1 aliphatic carbocycles. The van der Waals surface area contributed by atoms with Crippen LogP contribution in [0.1, 0.15) is 41.3 Å². The van der Waals surface area contributed by atoms with Crippen LogP contribution >= 0.6 is 0 Å². The Morgan fingerprint density at radius 2 is 1.83 bits per heavy atom. The zero-order valence-corrected chi connectivity index (χ0v) is 16.8. The van der Waals surface area contributed by atoms with Crippen molar-refractivity contribution >= 4 is 21.8 Å². The molecule has 29 heavy (non-hydrogen) atoms. The van der Waals surface area contributed by atoms with E-state index in [-0.39, 0.29) is 22.2 Å². The summed E-state index contributed by atoms with van der Waals surface area (Å²) in [7, 11) is -3.54. The number of anilines is 1. The summed E-state index contributed by atoms with van der Waals surface area (Å²) in [5.41, 5.74) is 3.48. The van der Waals surface area contributed by atoms with Crippen molar-refractivity contribution in [3.63, 3.8) is 0 Å². The molecule has 3 aromatic rings. The highest BCUT2D eigenvalue weighted by atomic mass is 32.2. The molecular formula is C21H21N3O4S. The Kier molecular flexibility index (Phi) is 5.19. The first-order valence-electron chi connectivity index (χ1n) is 9.57. The largest absolute Gasteiger partial charge is 0.403 e. The lowest BCUT2D eigenvalue weighted by molar-refractivity contribution is 0.102. The second-order valence-corrected chi connectivity index (χ2v) is 9.20. The van der Waals surface area contributed by atoms with E-state index in [4.69, 9.17) is 4.42 Å². The van der Waals surface area contributed by atoms with Crippen molar-refractivity contribution in [3.05, 3.63) is 59.2 Å². The quantitative estimate of drug-likeness (QED) is 0.687. The van der Waals surface area contributed by atoms with Gasteiger partial charge in [0.2, 0.25) is 5.89 Å². The number of carbonyl (C=O) groups excluding carboxylic acids is 1. The van der Waals surface area contributed by atoms with Gasteiger partial charge in [0.1, 0.15) is 0 Å². The zero-order valence-electron chi connectivity index (χ0n) is 16.0. The number of nitrogens with one attached hydrogen (secondary N) is 1. The van der Waals surface area contributed by atoms with Crippen molar-refractivity contribution in [1.29, 1.82) is 0 Å². The van der Waals surface area contributed by atoms with Gasteiger partial charge in [-0.25, -0.2) is 8.42 Å². The van der Waals surface area contributed by atoms with Gasteiger partial charge < -0.3 is 4.42 Å². The number of nitrogens with zero attached hydrogens (tertiary/aromatic N) is 2. The molecule has 0 spiro atoms. The highest BCUT2D eigenvalue weighted by Crippen LogP contribution is 2.28. The minimum absolute atomic E-state index is 0.0190. The van der Waals surface area contributed by atoms with Gasteiger partial charge in [0, 0.05) is 5.56 Å². The molecule has 0 unspecified atom stereocenters. The standard InChI is InChI=1S/C21H21N3O4S/c1-2-29(26,27)18-10-6-5-9-17(18)19(25)22-21-24-23-20(28-21)16-12-11-14-7-3-4-8-15(14)13-16/h5-6,9-13H,2-4,7-8H2,1H3,(H,22,24,25). The fourth-order valence-corrected chi connectivity index (χ4v) is 4.59. The lowest BCUT2D eigenvalue weighted by atomic mass is 9.90. The molecule has 2 aromatic carbocycles. The van der Waals surface area contributed by atoms with Crippen LogP contribution in [-0.2, 0) is 22.7 Å². The Morgan fingerprint density at radius 1 is 1.07 bits per heavy atom. The number of hydrogen-bond donors (Lipinski definition) is 1. The summed E-state index contributed by atoms with van der Waals surface area (Å²) in [6.07, 6.45) is 4.49. The molecule has 1 aromatic heterocycles. The van der Waals surface area contributed by atoms with E-state index < -0.39 is 15.7 Å². The van der Waals surface area contributed by atoms with Crippen LogP contribution in [0.25, 0.3) is 11.5 Å². The first-order chi connectivity index (χ1) is 14.0. The molecule has 0 atom stereocenters. The summed E-state index contributed by atoms with van der Waals surface area (Å²) in [5, 5.41) is 10.4. The highest BCUT2D eigenvalue weighted by Gasteiger charge is 2.22. The molecular weight excluding hydrogens is 390 g/mol. The van der Waals surface area contributed by atoms with Gasteiger partial charge in [0.25, 0.3) is 5.91 Å². The molecule has 0 saturated carbocycles. The van der Waals surface area contributed by atoms with Gasteiger partial charge in [-0.2, -0.15) is 0 Å². The molecule has 150 valence electrons. The van der Waals surface area contributed by atoms with Gasteiger partial charge in [-0.05, 0) is 61.1 Å². The van der Waals surface area contributed by atoms with Gasteiger partial charge in [0.05, 0.1) is 16.2 Å². The van der Waals surface area contributed by atoms with E-state index in [2.05, 4.69) is 27.6 Å². The zero-order chi connectivity index (χ0) is 20.4. The number of fused-ring (bicyclic) bond motifs is 1. The second-order valence-electron chi connectivity index (χ2n) is 6.96. The van der Waals surface area contributed by atoms with Crippen LogP contribution in [0.15, 0.2) is 51.8 Å². The summed E-state index contributed by atoms with van der Waals surface area (Å²) in [6.45, 7) is 1.53. The third-order valence-electron chi connectivity index (χ3n) is 5.09. The van der Waals surface area contributed by atoms with E-state index in [1.807, 2.05) is 6.07 Å². The Labute approximate surface area is 169 Å². The number of amides is 1. The average Bonchev–Trinajstić information content (AvgIpc) is 3.22. The van der Waals surface area contributed by atoms with E-state index in [0.717, 1.165) is 18.4 Å². The van der Waals surface area contributed by atoms with Gasteiger partial charge in [-0.1, -0.05) is 30.2 Å². The number of hydrogen-bond acceptors (Lipinski definition) is 6. The summed E-state index contributed by atoms with van der Waals surface area (Å²) < 4.78 is 30.1. The van der Waals surface area contributed by atoms with E-state index in [1.54, 1.807) is 12.1 Å². The molecule has 0 saturated heterocycles. The maximum Gasteiger partial charge on any atom is 0.322 e. The molecule has 1 N–H and O–H groups in total. The molecule has 1 aliphatic rings. The molecule has 1 amide bonds. The van der Waals surface area contributed by atoms with E-state index in [1.165, 1.54) is 43.0 Å². The van der Waals surface area contributed by atoms with Crippen LogP contribution in [-0.4, -0.2) is 30.3 Å². The summed E-state index contributed by atoms with van der Waals surface area (Å²) in [6, 6.07) is 12.1. The lowest BCUT2D eigenvalue weighted by Gasteiger charge is -2.15. The molecule has 7 nitrogen and oxygen atoms in total.